The molecule has 1 saturated carbocycles. The van der Waals surface area contributed by atoms with Crippen molar-refractivity contribution in [3.8, 4) is 5.75 Å². The third-order valence-electron chi connectivity index (χ3n) is 5.10. The van der Waals surface area contributed by atoms with Crippen LogP contribution in [0.2, 0.25) is 0 Å². The van der Waals surface area contributed by atoms with Gasteiger partial charge >= 0.3 is 0 Å². The average Bonchev–Trinajstić information content (AvgIpc) is 2.72. The van der Waals surface area contributed by atoms with E-state index >= 15 is 0 Å². The van der Waals surface area contributed by atoms with Gasteiger partial charge in [-0.05, 0) is 68.5 Å². The van der Waals surface area contributed by atoms with Gasteiger partial charge in [0.15, 0.2) is 0 Å². The molecule has 6 nitrogen and oxygen atoms in total. The Morgan fingerprint density at radius 3 is 2.65 bits per heavy atom. The number of nitrogen functional groups attached to an aromatic ring is 1. The first-order chi connectivity index (χ1) is 14.9. The number of hydrogen-bond acceptors (Lipinski definition) is 7. The number of aryl methyl sites for hydroxylation is 1. The predicted octanol–water partition coefficient (Wildman–Crippen LogP) is 5.06. The molecule has 2 unspecified atom stereocenters. The number of rotatable bonds is 4. The molecule has 3 aromatic rings. The molecule has 0 spiro atoms. The summed E-state index contributed by atoms with van der Waals surface area (Å²) in [6.45, 7) is 1.94. The number of thioether (sulfide) groups is 1. The largest absolute Gasteiger partial charge is 0.485 e. The smallest absolute Gasteiger partial charge is 0.146 e. The first-order valence-electron chi connectivity index (χ1n) is 10.2. The number of nitrogens with one attached hydrogen (secondary N) is 1. The number of anilines is 3. The van der Waals surface area contributed by atoms with E-state index in [0.29, 0.717) is 29.4 Å². The number of benzene rings is 2. The van der Waals surface area contributed by atoms with Crippen LogP contribution in [0.4, 0.5) is 21.6 Å². The minimum absolute atomic E-state index is 0.347. The number of halogens is 1. The van der Waals surface area contributed by atoms with Crippen molar-refractivity contribution in [1.29, 1.82) is 0 Å². The number of aromatic nitrogens is 2. The minimum Gasteiger partial charge on any atom is -0.485 e. The Kier molecular flexibility index (Phi) is 7.92. The molecule has 4 N–H and O–H groups in total. The number of aliphatic hydroxyl groups excluding tert-OH is 1. The topological polar surface area (TPSA) is 93.3 Å². The Labute approximate surface area is 186 Å². The highest BCUT2D eigenvalue weighted by molar-refractivity contribution is 7.97. The van der Waals surface area contributed by atoms with Crippen LogP contribution in [0.5, 0.6) is 5.75 Å². The summed E-state index contributed by atoms with van der Waals surface area (Å²) in [4.78, 5) is 8.65. The van der Waals surface area contributed by atoms with E-state index in [9.17, 15) is 9.50 Å². The Balaban J connectivity index is 0.000000858. The fourth-order valence-electron chi connectivity index (χ4n) is 3.72. The van der Waals surface area contributed by atoms with Crippen molar-refractivity contribution in [2.45, 2.75) is 44.8 Å². The van der Waals surface area contributed by atoms with Crippen molar-refractivity contribution in [3.63, 3.8) is 0 Å². The van der Waals surface area contributed by atoms with E-state index < -0.39 is 11.9 Å². The van der Waals surface area contributed by atoms with Crippen molar-refractivity contribution in [2.75, 3.05) is 23.6 Å². The van der Waals surface area contributed by atoms with Crippen molar-refractivity contribution >= 4 is 39.9 Å². The van der Waals surface area contributed by atoms with Gasteiger partial charge in [-0.15, -0.1) is 0 Å². The highest BCUT2D eigenvalue weighted by Gasteiger charge is 2.26. The van der Waals surface area contributed by atoms with Gasteiger partial charge in [0.25, 0.3) is 0 Å². The normalized spacial score (nSPS) is 18.2. The van der Waals surface area contributed by atoms with E-state index in [1.807, 2.05) is 25.5 Å². The van der Waals surface area contributed by atoms with E-state index in [4.69, 9.17) is 10.5 Å². The molecule has 31 heavy (non-hydrogen) atoms. The van der Waals surface area contributed by atoms with Gasteiger partial charge in [-0.2, -0.15) is 11.8 Å². The van der Waals surface area contributed by atoms with Gasteiger partial charge in [0, 0.05) is 17.1 Å². The van der Waals surface area contributed by atoms with Crippen LogP contribution < -0.4 is 15.8 Å². The summed E-state index contributed by atoms with van der Waals surface area (Å²) < 4.78 is 19.9. The maximum atomic E-state index is 13.9. The van der Waals surface area contributed by atoms with E-state index in [2.05, 4.69) is 15.3 Å². The SMILES string of the molecule is CSC.Cc1cc(N)cc2ncnc(Nc3ccc(F)cc3OC3CCCCC3O)c12. The number of nitrogens with zero attached hydrogens (tertiary/aromatic N) is 2. The van der Waals surface area contributed by atoms with Crippen LogP contribution >= 0.6 is 11.8 Å². The van der Waals surface area contributed by atoms with E-state index in [0.717, 1.165) is 35.7 Å². The monoisotopic (exact) mass is 444 g/mol. The second-order valence-corrected chi connectivity index (χ2v) is 8.45. The van der Waals surface area contributed by atoms with Gasteiger partial charge < -0.3 is 20.9 Å². The van der Waals surface area contributed by atoms with Gasteiger partial charge in [0.1, 0.15) is 29.8 Å². The molecule has 0 saturated heterocycles. The molecule has 0 bridgehead atoms. The fourth-order valence-corrected chi connectivity index (χ4v) is 3.72. The molecule has 2 aromatic carbocycles. The highest BCUT2D eigenvalue weighted by atomic mass is 32.2. The Hall–Kier alpha value is -2.58. The summed E-state index contributed by atoms with van der Waals surface area (Å²) >= 11 is 1.75. The van der Waals surface area contributed by atoms with Crippen LogP contribution in [-0.2, 0) is 0 Å². The number of hydrogen-bond donors (Lipinski definition) is 3. The van der Waals surface area contributed by atoms with E-state index in [-0.39, 0.29) is 6.10 Å². The molecule has 8 heteroatoms. The molecular weight excluding hydrogens is 415 g/mol. The molecule has 0 aliphatic heterocycles. The Morgan fingerprint density at radius 2 is 1.90 bits per heavy atom. The van der Waals surface area contributed by atoms with Gasteiger partial charge in [-0.1, -0.05) is 6.42 Å². The van der Waals surface area contributed by atoms with E-state index in [1.165, 1.54) is 18.5 Å². The van der Waals surface area contributed by atoms with Crippen LogP contribution in [0.15, 0.2) is 36.7 Å². The third-order valence-corrected chi connectivity index (χ3v) is 5.10. The Morgan fingerprint density at radius 1 is 1.16 bits per heavy atom. The second kappa shape index (κ2) is 10.6. The molecule has 1 fully saturated rings. The lowest BCUT2D eigenvalue weighted by molar-refractivity contribution is 0.00712. The summed E-state index contributed by atoms with van der Waals surface area (Å²) in [5, 5.41) is 14.3. The van der Waals surface area contributed by atoms with Gasteiger partial charge in [-0.25, -0.2) is 14.4 Å². The number of aliphatic hydroxyl groups is 1. The van der Waals surface area contributed by atoms with Crippen LogP contribution in [0, 0.1) is 12.7 Å². The van der Waals surface area contributed by atoms with Crippen LogP contribution in [0.1, 0.15) is 31.2 Å². The maximum absolute atomic E-state index is 13.9. The quantitative estimate of drug-likeness (QED) is 0.484. The number of nitrogens with two attached hydrogens (primary N) is 1. The fraction of sp³-hybridized carbons (Fsp3) is 0.391. The Bertz CT molecular complexity index is 1030. The summed E-state index contributed by atoms with van der Waals surface area (Å²) in [7, 11) is 0. The summed E-state index contributed by atoms with van der Waals surface area (Å²) in [6.07, 6.45) is 8.04. The summed E-state index contributed by atoms with van der Waals surface area (Å²) in [5.74, 6) is 0.538. The second-order valence-electron chi connectivity index (χ2n) is 7.64. The zero-order chi connectivity index (χ0) is 22.4. The first kappa shape index (κ1) is 23.1. The van der Waals surface area contributed by atoms with Crippen LogP contribution in [0.25, 0.3) is 10.9 Å². The zero-order valence-corrected chi connectivity index (χ0v) is 18.9. The van der Waals surface area contributed by atoms with Crippen LogP contribution in [-0.4, -0.2) is 39.8 Å². The molecular formula is C23H29FN4O2S. The molecule has 1 heterocycles. The molecule has 1 aromatic heterocycles. The van der Waals surface area contributed by atoms with E-state index in [1.54, 1.807) is 23.9 Å². The molecule has 0 radical (unpaired) electrons. The number of ether oxygens (including phenoxy) is 1. The predicted molar refractivity (Wildman–Crippen MR) is 127 cm³/mol. The first-order valence-corrected chi connectivity index (χ1v) is 11.9. The zero-order valence-electron chi connectivity index (χ0n) is 18.1. The minimum atomic E-state index is -0.546. The third kappa shape index (κ3) is 5.77. The lowest BCUT2D eigenvalue weighted by Gasteiger charge is -2.29. The number of fused-ring (bicyclic) bond motifs is 1. The van der Waals surface area contributed by atoms with Crippen molar-refractivity contribution < 1.29 is 14.2 Å². The van der Waals surface area contributed by atoms with Gasteiger partial charge in [0.2, 0.25) is 0 Å². The molecule has 1 aliphatic rings. The highest BCUT2D eigenvalue weighted by Crippen LogP contribution is 2.34. The standard InChI is InChI=1S/C21H23FN4O2.C2H6S/c1-12-8-14(23)10-16-20(12)21(25-11-24-16)26-15-7-6-13(22)9-19(15)28-18-5-3-2-4-17(18)27;1-3-2/h6-11,17-18,27H,2-5,23H2,1H3,(H,24,25,26);1-2H3. The van der Waals surface area contributed by atoms with Crippen molar-refractivity contribution in [3.05, 3.63) is 48.0 Å². The summed E-state index contributed by atoms with van der Waals surface area (Å²) in [6, 6.07) is 7.95. The molecule has 0 amide bonds. The lowest BCUT2D eigenvalue weighted by atomic mass is 9.95. The summed E-state index contributed by atoms with van der Waals surface area (Å²) in [5.41, 5.74) is 8.79. The maximum Gasteiger partial charge on any atom is 0.146 e. The molecule has 166 valence electrons. The van der Waals surface area contributed by atoms with Gasteiger partial charge in [0.05, 0.1) is 17.3 Å². The average molecular weight is 445 g/mol. The lowest BCUT2D eigenvalue weighted by Crippen LogP contribution is -2.34. The molecule has 4 rings (SSSR count). The molecule has 1 aliphatic carbocycles. The van der Waals surface area contributed by atoms with Gasteiger partial charge in [-0.3, -0.25) is 0 Å². The van der Waals surface area contributed by atoms with Crippen LogP contribution in [0.3, 0.4) is 0 Å². The van der Waals surface area contributed by atoms with Crippen molar-refractivity contribution in [1.82, 2.24) is 9.97 Å². The molecule has 2 atom stereocenters. The van der Waals surface area contributed by atoms with Crippen molar-refractivity contribution in [2.24, 2.45) is 0 Å².